The van der Waals surface area contributed by atoms with E-state index in [-0.39, 0.29) is 0 Å². The van der Waals surface area contributed by atoms with Crippen LogP contribution in [0.5, 0.6) is 0 Å². The maximum atomic E-state index is 6.99. The van der Waals surface area contributed by atoms with E-state index in [2.05, 4.69) is 75.3 Å². The summed E-state index contributed by atoms with van der Waals surface area (Å²) in [7, 11) is -1.75. The van der Waals surface area contributed by atoms with Gasteiger partial charge < -0.3 is 4.43 Å². The van der Waals surface area contributed by atoms with Gasteiger partial charge in [-0.3, -0.25) is 0 Å². The minimum absolute atomic E-state index is 0.410. The highest BCUT2D eigenvalue weighted by Crippen LogP contribution is 2.61. The average Bonchev–Trinajstić information content (AvgIpc) is 2.56. The van der Waals surface area contributed by atoms with Crippen LogP contribution in [0.15, 0.2) is 11.6 Å². The van der Waals surface area contributed by atoms with E-state index in [1.54, 1.807) is 5.57 Å². The van der Waals surface area contributed by atoms with Crippen molar-refractivity contribution in [3.63, 3.8) is 0 Å². The minimum atomic E-state index is -1.75. The third kappa shape index (κ3) is 3.87. The van der Waals surface area contributed by atoms with Crippen molar-refractivity contribution in [2.45, 2.75) is 118 Å². The molecule has 0 aromatic rings. The van der Waals surface area contributed by atoms with Gasteiger partial charge in [0.25, 0.3) is 0 Å². The average molecular weight is 393 g/mol. The molecule has 0 bridgehead atoms. The van der Waals surface area contributed by atoms with Gasteiger partial charge in [-0.25, -0.2) is 0 Å². The molecule has 0 aromatic carbocycles. The molecule has 27 heavy (non-hydrogen) atoms. The van der Waals surface area contributed by atoms with Gasteiger partial charge in [-0.05, 0) is 78.3 Å². The zero-order valence-electron chi connectivity index (χ0n) is 20.1. The maximum Gasteiger partial charge on any atom is 0.200 e. The quantitative estimate of drug-likeness (QED) is 0.312. The van der Waals surface area contributed by atoms with E-state index in [1.165, 1.54) is 32.1 Å². The molecular formula is C25H48OSi. The molecule has 1 fully saturated rings. The molecule has 0 amide bonds. The topological polar surface area (TPSA) is 9.23 Å². The van der Waals surface area contributed by atoms with Gasteiger partial charge in [-0.15, -0.1) is 0 Å². The Bertz CT molecular complexity index is 513. The summed E-state index contributed by atoms with van der Waals surface area (Å²) in [5.74, 6) is 1.62. The van der Waals surface area contributed by atoms with Gasteiger partial charge >= 0.3 is 0 Å². The molecule has 0 N–H and O–H groups in total. The van der Waals surface area contributed by atoms with Crippen LogP contribution < -0.4 is 0 Å². The van der Waals surface area contributed by atoms with Gasteiger partial charge in [0, 0.05) is 6.61 Å². The van der Waals surface area contributed by atoms with Crippen molar-refractivity contribution in [3.8, 4) is 0 Å². The first-order valence-corrected chi connectivity index (χ1v) is 13.9. The van der Waals surface area contributed by atoms with Gasteiger partial charge in [0.1, 0.15) is 0 Å². The molecule has 0 heterocycles. The molecule has 0 aliphatic heterocycles. The molecule has 0 unspecified atom stereocenters. The Labute approximate surface area is 171 Å². The predicted molar refractivity (Wildman–Crippen MR) is 123 cm³/mol. The van der Waals surface area contributed by atoms with Gasteiger partial charge in [0.05, 0.1) is 0 Å². The summed E-state index contributed by atoms with van der Waals surface area (Å²) in [4.78, 5) is 0. The Morgan fingerprint density at radius 3 is 2.11 bits per heavy atom. The third-order valence-corrected chi connectivity index (χ3v) is 15.4. The Kier molecular flexibility index (Phi) is 7.17. The Hall–Kier alpha value is -0.0831. The maximum absolute atomic E-state index is 6.99. The molecule has 158 valence electrons. The van der Waals surface area contributed by atoms with Gasteiger partial charge in [0.2, 0.25) is 0 Å². The normalized spacial score (nSPS) is 34.9. The smallest absolute Gasteiger partial charge is 0.200 e. The van der Waals surface area contributed by atoms with Crippen LogP contribution >= 0.6 is 0 Å². The van der Waals surface area contributed by atoms with E-state index in [1.807, 2.05) is 0 Å². The summed E-state index contributed by atoms with van der Waals surface area (Å²) in [5, 5.41) is 0. The molecule has 0 aromatic heterocycles. The standard InChI is InChI=1S/C25H48OSi/c1-18(2)27(19(3)4,20(5)6)26-17-16-25(10)22(8)14-15-24(9)21(7)12-11-13-23(24)25/h12,18-20,22-23H,11,13-17H2,1-10H3/t22-,23+,24+,25+/m1/s1. The van der Waals surface area contributed by atoms with E-state index in [9.17, 15) is 0 Å². The van der Waals surface area contributed by atoms with E-state index in [0.29, 0.717) is 27.5 Å². The second-order valence-corrected chi connectivity index (χ2v) is 16.8. The lowest BCUT2D eigenvalue weighted by atomic mass is 9.47. The van der Waals surface area contributed by atoms with E-state index >= 15 is 0 Å². The zero-order chi connectivity index (χ0) is 20.6. The largest absolute Gasteiger partial charge is 0.416 e. The number of hydrogen-bond acceptors (Lipinski definition) is 1. The second kappa shape index (κ2) is 8.34. The van der Waals surface area contributed by atoms with Crippen LogP contribution in [0.2, 0.25) is 16.6 Å². The summed E-state index contributed by atoms with van der Waals surface area (Å²) in [5.41, 5.74) is 4.53. The molecule has 2 heteroatoms. The summed E-state index contributed by atoms with van der Waals surface area (Å²) >= 11 is 0. The molecule has 1 saturated carbocycles. The molecule has 0 saturated heterocycles. The van der Waals surface area contributed by atoms with Crippen molar-refractivity contribution in [2.24, 2.45) is 22.7 Å². The third-order valence-electron chi connectivity index (χ3n) is 9.29. The van der Waals surface area contributed by atoms with Crippen LogP contribution in [0.3, 0.4) is 0 Å². The molecule has 2 aliphatic carbocycles. The number of allylic oxidation sites excluding steroid dienone is 2. The van der Waals surface area contributed by atoms with Gasteiger partial charge in [-0.1, -0.05) is 74.0 Å². The van der Waals surface area contributed by atoms with Crippen LogP contribution in [0, 0.1) is 22.7 Å². The Balaban J connectivity index is 2.21. The fraction of sp³-hybridized carbons (Fsp3) is 0.920. The fourth-order valence-electron chi connectivity index (χ4n) is 7.28. The highest BCUT2D eigenvalue weighted by molar-refractivity contribution is 6.77. The molecule has 0 radical (unpaired) electrons. The molecule has 0 spiro atoms. The lowest BCUT2D eigenvalue weighted by molar-refractivity contribution is -0.0541. The second-order valence-electron chi connectivity index (χ2n) is 11.3. The van der Waals surface area contributed by atoms with Crippen LogP contribution in [0.4, 0.5) is 0 Å². The Morgan fingerprint density at radius 1 is 1.04 bits per heavy atom. The van der Waals surface area contributed by atoms with E-state index < -0.39 is 8.32 Å². The summed E-state index contributed by atoms with van der Waals surface area (Å²) in [6.07, 6.45) is 9.16. The van der Waals surface area contributed by atoms with Crippen LogP contribution in [-0.2, 0) is 4.43 Å². The molecule has 1 nitrogen and oxygen atoms in total. The highest BCUT2D eigenvalue weighted by atomic mass is 28.4. The van der Waals surface area contributed by atoms with Gasteiger partial charge in [0.15, 0.2) is 8.32 Å². The number of fused-ring (bicyclic) bond motifs is 1. The first-order chi connectivity index (χ1) is 12.4. The summed E-state index contributed by atoms with van der Waals surface area (Å²) in [6.45, 7) is 25.5. The van der Waals surface area contributed by atoms with Crippen LogP contribution in [0.1, 0.15) is 101 Å². The van der Waals surface area contributed by atoms with E-state index in [0.717, 1.165) is 18.4 Å². The molecule has 4 atom stereocenters. The van der Waals surface area contributed by atoms with Crippen LogP contribution in [0.25, 0.3) is 0 Å². The highest BCUT2D eigenvalue weighted by Gasteiger charge is 2.53. The molecular weight excluding hydrogens is 344 g/mol. The SMILES string of the molecule is CC1=CCC[C@@H]2[C@@](C)(CCO[Si](C(C)C)(C(C)C)C(C)C)[C@H](C)CC[C@@]12C. The lowest BCUT2D eigenvalue weighted by Gasteiger charge is -2.58. The molecule has 2 aliphatic rings. The van der Waals surface area contributed by atoms with Crippen molar-refractivity contribution >= 4 is 8.32 Å². The van der Waals surface area contributed by atoms with Crippen LogP contribution in [-0.4, -0.2) is 14.9 Å². The molecule has 2 rings (SSSR count). The van der Waals surface area contributed by atoms with Gasteiger partial charge in [-0.2, -0.15) is 0 Å². The van der Waals surface area contributed by atoms with Crippen molar-refractivity contribution < 1.29 is 4.43 Å². The number of hydrogen-bond donors (Lipinski definition) is 0. The first kappa shape index (κ1) is 23.2. The summed E-state index contributed by atoms with van der Waals surface area (Å²) < 4.78 is 6.99. The number of rotatable bonds is 7. The first-order valence-electron chi connectivity index (χ1n) is 11.7. The fourth-order valence-corrected chi connectivity index (χ4v) is 12.7. The van der Waals surface area contributed by atoms with E-state index in [4.69, 9.17) is 4.43 Å². The summed E-state index contributed by atoms with van der Waals surface area (Å²) in [6, 6.07) is 0. The lowest BCUT2D eigenvalue weighted by Crippen LogP contribution is -2.52. The zero-order valence-corrected chi connectivity index (χ0v) is 21.1. The van der Waals surface area contributed by atoms with Crippen molar-refractivity contribution in [3.05, 3.63) is 11.6 Å². The minimum Gasteiger partial charge on any atom is -0.416 e. The van der Waals surface area contributed by atoms with Crippen molar-refractivity contribution in [2.75, 3.05) is 6.61 Å². The van der Waals surface area contributed by atoms with Crippen molar-refractivity contribution in [1.29, 1.82) is 0 Å². The van der Waals surface area contributed by atoms with Crippen molar-refractivity contribution in [1.82, 2.24) is 0 Å². The monoisotopic (exact) mass is 392 g/mol. The predicted octanol–water partition coefficient (Wildman–Crippen LogP) is 8.37. The Morgan fingerprint density at radius 2 is 1.59 bits per heavy atom.